The van der Waals surface area contributed by atoms with Gasteiger partial charge in [0.15, 0.2) is 0 Å². The molecule has 1 fully saturated rings. The number of aromatic amines is 1. The average molecular weight is 367 g/mol. The second-order valence-corrected chi connectivity index (χ2v) is 6.50. The van der Waals surface area contributed by atoms with Crippen LogP contribution < -0.4 is 21.9 Å². The lowest BCUT2D eigenvalue weighted by molar-refractivity contribution is -0.128. The average Bonchev–Trinajstić information content (AvgIpc) is 3.13. The Hall–Kier alpha value is -2.29. The van der Waals surface area contributed by atoms with Crippen LogP contribution in [0, 0.1) is 0 Å². The number of methoxy groups -OCH3 is 1. The summed E-state index contributed by atoms with van der Waals surface area (Å²) in [6.07, 6.45) is 3.64. The van der Waals surface area contributed by atoms with Gasteiger partial charge in [0.2, 0.25) is 5.91 Å². The first-order valence-electron chi connectivity index (χ1n) is 9.13. The van der Waals surface area contributed by atoms with Crippen molar-refractivity contribution in [3.05, 3.63) is 20.8 Å². The number of nitrogens with zero attached hydrogens (tertiary/aromatic N) is 3. The van der Waals surface area contributed by atoms with Crippen molar-refractivity contribution in [3.8, 4) is 0 Å². The highest BCUT2D eigenvalue weighted by Gasteiger charge is 2.24. The standard InChI is InChI=1S/C17H29N5O4/c1-3-4-9-22-15(18)14(16(24)19-17(22)25)21(10-11-26-2)12-13(23)20-7-5-6-8-20/h3-12,18H2,1-2H3,(H,19,24,25). The summed E-state index contributed by atoms with van der Waals surface area (Å²) in [5.74, 6) is 0.0428. The van der Waals surface area contributed by atoms with Crippen LogP contribution in [0.4, 0.5) is 11.5 Å². The zero-order valence-corrected chi connectivity index (χ0v) is 15.6. The first-order valence-corrected chi connectivity index (χ1v) is 9.13. The van der Waals surface area contributed by atoms with E-state index >= 15 is 0 Å². The minimum absolute atomic E-state index is 0.0304. The van der Waals surface area contributed by atoms with Crippen LogP contribution in [-0.4, -0.2) is 60.3 Å². The number of nitrogens with one attached hydrogen (secondary N) is 1. The van der Waals surface area contributed by atoms with E-state index in [1.54, 1.807) is 16.9 Å². The maximum absolute atomic E-state index is 12.6. The number of hydrogen-bond acceptors (Lipinski definition) is 6. The van der Waals surface area contributed by atoms with Crippen LogP contribution in [0.2, 0.25) is 0 Å². The van der Waals surface area contributed by atoms with Gasteiger partial charge in [0.1, 0.15) is 11.5 Å². The van der Waals surface area contributed by atoms with Gasteiger partial charge in [0.05, 0.1) is 13.2 Å². The number of H-pyrrole nitrogens is 1. The third-order valence-electron chi connectivity index (χ3n) is 4.62. The summed E-state index contributed by atoms with van der Waals surface area (Å²) in [6, 6.07) is 0. The molecule has 9 heteroatoms. The van der Waals surface area contributed by atoms with Crippen LogP contribution in [0.1, 0.15) is 32.6 Å². The van der Waals surface area contributed by atoms with E-state index in [1.165, 1.54) is 4.57 Å². The van der Waals surface area contributed by atoms with Crippen molar-refractivity contribution < 1.29 is 9.53 Å². The van der Waals surface area contributed by atoms with Gasteiger partial charge in [-0.3, -0.25) is 19.1 Å². The molecule has 1 aliphatic rings. The molecule has 1 aromatic heterocycles. The number of unbranched alkanes of at least 4 members (excludes halogenated alkanes) is 1. The lowest BCUT2D eigenvalue weighted by Crippen LogP contribution is -2.44. The van der Waals surface area contributed by atoms with Crippen LogP contribution in [0.25, 0.3) is 0 Å². The van der Waals surface area contributed by atoms with Gasteiger partial charge >= 0.3 is 5.69 Å². The monoisotopic (exact) mass is 367 g/mol. The van der Waals surface area contributed by atoms with Crippen LogP contribution in [0.15, 0.2) is 9.59 Å². The maximum atomic E-state index is 12.6. The molecule has 3 N–H and O–H groups in total. The highest BCUT2D eigenvalue weighted by atomic mass is 16.5. The van der Waals surface area contributed by atoms with Gasteiger partial charge in [-0.15, -0.1) is 0 Å². The van der Waals surface area contributed by atoms with E-state index < -0.39 is 11.2 Å². The van der Waals surface area contributed by atoms with Gasteiger partial charge < -0.3 is 20.3 Å². The number of aromatic nitrogens is 2. The lowest BCUT2D eigenvalue weighted by Gasteiger charge is -2.27. The first kappa shape index (κ1) is 20.0. The number of ether oxygens (including phenoxy) is 1. The highest BCUT2D eigenvalue weighted by Crippen LogP contribution is 2.18. The zero-order chi connectivity index (χ0) is 19.1. The molecule has 0 bridgehead atoms. The summed E-state index contributed by atoms with van der Waals surface area (Å²) < 4.78 is 6.47. The van der Waals surface area contributed by atoms with Crippen molar-refractivity contribution in [2.75, 3.05) is 50.5 Å². The third kappa shape index (κ3) is 4.66. The normalized spacial score (nSPS) is 14.0. The molecule has 146 valence electrons. The van der Waals surface area contributed by atoms with E-state index in [9.17, 15) is 14.4 Å². The Labute approximate surface area is 152 Å². The number of nitrogen functional groups attached to an aromatic ring is 1. The summed E-state index contributed by atoms with van der Waals surface area (Å²) in [5.41, 5.74) is 5.22. The van der Waals surface area contributed by atoms with Gasteiger partial charge in [0.25, 0.3) is 5.56 Å². The summed E-state index contributed by atoms with van der Waals surface area (Å²) in [7, 11) is 1.55. The predicted octanol–water partition coefficient (Wildman–Crippen LogP) is -0.00590. The van der Waals surface area contributed by atoms with Gasteiger partial charge in [-0.25, -0.2) is 4.79 Å². The molecule has 0 aliphatic carbocycles. The smallest absolute Gasteiger partial charge is 0.330 e. The maximum Gasteiger partial charge on any atom is 0.330 e. The summed E-state index contributed by atoms with van der Waals surface area (Å²) in [5, 5.41) is 0. The van der Waals surface area contributed by atoms with Crippen molar-refractivity contribution in [1.82, 2.24) is 14.5 Å². The fraction of sp³-hybridized carbons (Fsp3) is 0.706. The minimum atomic E-state index is -0.578. The lowest BCUT2D eigenvalue weighted by atomic mass is 10.3. The number of carbonyl (C=O) groups excluding carboxylic acids is 1. The van der Waals surface area contributed by atoms with Gasteiger partial charge in [-0.05, 0) is 19.3 Å². The number of hydrogen-bond donors (Lipinski definition) is 2. The minimum Gasteiger partial charge on any atom is -0.383 e. The number of anilines is 2. The number of likely N-dealkylation sites (tertiary alicyclic amines) is 1. The third-order valence-corrected chi connectivity index (χ3v) is 4.62. The molecule has 1 aromatic rings. The molecular weight excluding hydrogens is 338 g/mol. The SMILES string of the molecule is CCCCn1c(N)c(N(CCOC)CC(=O)N2CCCC2)c(=O)[nH]c1=O. The summed E-state index contributed by atoms with van der Waals surface area (Å²) in [6.45, 7) is 4.59. The first-order chi connectivity index (χ1) is 12.5. The van der Waals surface area contributed by atoms with E-state index in [2.05, 4.69) is 4.98 Å². The number of amides is 1. The Morgan fingerprint density at radius 3 is 2.62 bits per heavy atom. The number of nitrogens with two attached hydrogens (primary N) is 1. The van der Waals surface area contributed by atoms with Crippen LogP contribution in [0.3, 0.4) is 0 Å². The van der Waals surface area contributed by atoms with Gasteiger partial charge in [-0.2, -0.15) is 0 Å². The Balaban J connectivity index is 2.35. The fourth-order valence-corrected chi connectivity index (χ4v) is 3.12. The van der Waals surface area contributed by atoms with Crippen molar-refractivity contribution >= 4 is 17.4 Å². The van der Waals surface area contributed by atoms with E-state index in [4.69, 9.17) is 10.5 Å². The molecule has 0 saturated carbocycles. The molecule has 0 spiro atoms. The molecule has 2 heterocycles. The van der Waals surface area contributed by atoms with Crippen LogP contribution >= 0.6 is 0 Å². The van der Waals surface area contributed by atoms with E-state index in [0.717, 1.165) is 38.8 Å². The fourth-order valence-electron chi connectivity index (χ4n) is 3.12. The van der Waals surface area contributed by atoms with Crippen LogP contribution in [-0.2, 0) is 16.1 Å². The van der Waals surface area contributed by atoms with Gasteiger partial charge in [-0.1, -0.05) is 13.3 Å². The van der Waals surface area contributed by atoms with E-state index in [0.29, 0.717) is 19.7 Å². The van der Waals surface area contributed by atoms with E-state index in [-0.39, 0.29) is 24.0 Å². The predicted molar refractivity (Wildman–Crippen MR) is 101 cm³/mol. The largest absolute Gasteiger partial charge is 0.383 e. The van der Waals surface area contributed by atoms with Gasteiger partial charge in [0, 0.05) is 33.3 Å². The highest BCUT2D eigenvalue weighted by molar-refractivity contribution is 5.82. The number of carbonyl (C=O) groups is 1. The molecule has 1 amide bonds. The van der Waals surface area contributed by atoms with Crippen molar-refractivity contribution in [2.45, 2.75) is 39.2 Å². The molecule has 2 rings (SSSR count). The van der Waals surface area contributed by atoms with Crippen molar-refractivity contribution in [2.24, 2.45) is 0 Å². The zero-order valence-electron chi connectivity index (χ0n) is 15.6. The van der Waals surface area contributed by atoms with Crippen molar-refractivity contribution in [1.29, 1.82) is 0 Å². The Kier molecular flexibility index (Phi) is 7.26. The summed E-state index contributed by atoms with van der Waals surface area (Å²) in [4.78, 5) is 42.8. The Morgan fingerprint density at radius 2 is 2.00 bits per heavy atom. The quantitative estimate of drug-likeness (QED) is 0.635. The molecule has 1 saturated heterocycles. The number of rotatable bonds is 9. The van der Waals surface area contributed by atoms with Crippen LogP contribution in [0.5, 0.6) is 0 Å². The second kappa shape index (κ2) is 9.42. The molecule has 1 aliphatic heterocycles. The van der Waals surface area contributed by atoms with Crippen molar-refractivity contribution in [3.63, 3.8) is 0 Å². The molecule has 0 atom stereocenters. The molecule has 0 unspecified atom stereocenters. The topological polar surface area (TPSA) is 114 Å². The van der Waals surface area contributed by atoms with E-state index in [1.807, 2.05) is 6.92 Å². The second-order valence-electron chi connectivity index (χ2n) is 6.50. The molecule has 0 aromatic carbocycles. The molecule has 9 nitrogen and oxygen atoms in total. The molecule has 0 radical (unpaired) electrons. The molecular formula is C17H29N5O4. The Bertz CT molecular complexity index is 721. The molecule has 26 heavy (non-hydrogen) atoms. The summed E-state index contributed by atoms with van der Waals surface area (Å²) >= 11 is 0. The Morgan fingerprint density at radius 1 is 1.31 bits per heavy atom.